The highest BCUT2D eigenvalue weighted by Crippen LogP contribution is 2.31. The summed E-state index contributed by atoms with van der Waals surface area (Å²) in [7, 11) is 1.59. The summed E-state index contributed by atoms with van der Waals surface area (Å²) in [6.07, 6.45) is 6.92. The zero-order valence-electron chi connectivity index (χ0n) is 18.8. The van der Waals surface area contributed by atoms with Gasteiger partial charge in [0, 0.05) is 17.9 Å². The molecule has 6 nitrogen and oxygen atoms in total. The number of amides is 2. The monoisotopic (exact) mass is 443 g/mol. The van der Waals surface area contributed by atoms with Crippen LogP contribution in [0.2, 0.25) is 0 Å². The molecule has 33 heavy (non-hydrogen) atoms. The number of carbonyl (C=O) groups excluding carboxylic acids is 2. The van der Waals surface area contributed by atoms with Crippen molar-refractivity contribution in [2.24, 2.45) is 0 Å². The summed E-state index contributed by atoms with van der Waals surface area (Å²) in [6.45, 7) is 0. The average Bonchev–Trinajstić information content (AvgIpc) is 2.88. The molecular formula is C27H29N3O3. The number of carbonyl (C=O) groups is 2. The van der Waals surface area contributed by atoms with Crippen molar-refractivity contribution in [2.45, 2.75) is 44.2 Å². The van der Waals surface area contributed by atoms with Gasteiger partial charge >= 0.3 is 0 Å². The summed E-state index contributed by atoms with van der Waals surface area (Å²) in [5.74, 6) is 0.147. The van der Waals surface area contributed by atoms with Gasteiger partial charge in [0.2, 0.25) is 5.91 Å². The third-order valence-electron chi connectivity index (χ3n) is 6.03. The molecule has 6 heteroatoms. The highest BCUT2D eigenvalue weighted by atomic mass is 16.5. The Kier molecular flexibility index (Phi) is 7.35. The van der Waals surface area contributed by atoms with Gasteiger partial charge in [-0.2, -0.15) is 0 Å². The molecule has 1 unspecified atom stereocenters. The first kappa shape index (κ1) is 22.5. The largest absolute Gasteiger partial charge is 0.497 e. The Morgan fingerprint density at radius 3 is 2.27 bits per heavy atom. The molecule has 0 saturated heterocycles. The quantitative estimate of drug-likeness (QED) is 0.562. The van der Waals surface area contributed by atoms with Crippen LogP contribution in [0, 0.1) is 0 Å². The van der Waals surface area contributed by atoms with Gasteiger partial charge in [0.15, 0.2) is 0 Å². The molecule has 2 amide bonds. The van der Waals surface area contributed by atoms with Gasteiger partial charge in [0.05, 0.1) is 7.11 Å². The van der Waals surface area contributed by atoms with Crippen LogP contribution in [0.25, 0.3) is 0 Å². The normalized spacial score (nSPS) is 14.8. The summed E-state index contributed by atoms with van der Waals surface area (Å²) in [6, 6.07) is 21.1. The number of nitrogens with zero attached hydrogens (tertiary/aromatic N) is 2. The molecule has 170 valence electrons. The van der Waals surface area contributed by atoms with Crippen LogP contribution in [0.15, 0.2) is 79.0 Å². The van der Waals surface area contributed by atoms with Crippen LogP contribution < -0.4 is 15.0 Å². The number of rotatable bonds is 7. The van der Waals surface area contributed by atoms with E-state index in [4.69, 9.17) is 4.74 Å². The Morgan fingerprint density at radius 1 is 0.939 bits per heavy atom. The van der Waals surface area contributed by atoms with Crippen molar-refractivity contribution >= 4 is 17.5 Å². The molecule has 1 atom stereocenters. The van der Waals surface area contributed by atoms with Crippen LogP contribution in [-0.2, 0) is 4.79 Å². The highest BCUT2D eigenvalue weighted by Gasteiger charge is 2.35. The van der Waals surface area contributed by atoms with Crippen molar-refractivity contribution in [3.8, 4) is 5.75 Å². The average molecular weight is 444 g/mol. The summed E-state index contributed by atoms with van der Waals surface area (Å²) >= 11 is 0. The number of aromatic nitrogens is 1. The molecule has 0 spiro atoms. The molecule has 0 aliphatic heterocycles. The Balaban J connectivity index is 1.77. The van der Waals surface area contributed by atoms with E-state index in [1.165, 1.54) is 11.3 Å². The number of pyridine rings is 1. The number of hydrogen-bond donors (Lipinski definition) is 1. The first-order valence-electron chi connectivity index (χ1n) is 11.4. The SMILES string of the molecule is COc1ccc(N(C(=O)c2ccccn2)C(C(=O)NC2CCCCC2)c2ccccc2)cc1. The van der Waals surface area contributed by atoms with E-state index in [0.29, 0.717) is 11.4 Å². The summed E-state index contributed by atoms with van der Waals surface area (Å²) in [5, 5.41) is 3.22. The van der Waals surface area contributed by atoms with Gasteiger partial charge in [-0.25, -0.2) is 0 Å². The summed E-state index contributed by atoms with van der Waals surface area (Å²) in [4.78, 5) is 33.3. The van der Waals surface area contributed by atoms with E-state index >= 15 is 0 Å². The fourth-order valence-corrected chi connectivity index (χ4v) is 4.32. The zero-order valence-corrected chi connectivity index (χ0v) is 18.8. The molecule has 4 rings (SSSR count). The Bertz CT molecular complexity index is 1050. The number of benzene rings is 2. The molecule has 1 saturated carbocycles. The van der Waals surface area contributed by atoms with Crippen LogP contribution in [0.1, 0.15) is 54.2 Å². The van der Waals surface area contributed by atoms with Gasteiger partial charge in [-0.15, -0.1) is 0 Å². The molecule has 1 heterocycles. The Labute approximate surface area is 194 Å². The van der Waals surface area contributed by atoms with E-state index in [9.17, 15) is 9.59 Å². The second-order valence-electron chi connectivity index (χ2n) is 8.24. The lowest BCUT2D eigenvalue weighted by Gasteiger charge is -2.33. The van der Waals surface area contributed by atoms with E-state index in [-0.39, 0.29) is 23.6 Å². The van der Waals surface area contributed by atoms with Crippen LogP contribution in [0.4, 0.5) is 5.69 Å². The lowest BCUT2D eigenvalue weighted by Crippen LogP contribution is -2.47. The smallest absolute Gasteiger partial charge is 0.277 e. The third-order valence-corrected chi connectivity index (χ3v) is 6.03. The minimum Gasteiger partial charge on any atom is -0.497 e. The Hall–Kier alpha value is -3.67. The number of hydrogen-bond acceptors (Lipinski definition) is 4. The predicted octanol–water partition coefficient (Wildman–Crippen LogP) is 4.93. The molecule has 1 fully saturated rings. The van der Waals surface area contributed by atoms with Crippen molar-refractivity contribution in [1.82, 2.24) is 10.3 Å². The van der Waals surface area contributed by atoms with Gasteiger partial charge in [-0.1, -0.05) is 55.7 Å². The minimum absolute atomic E-state index is 0.125. The van der Waals surface area contributed by atoms with E-state index in [1.54, 1.807) is 55.8 Å². The van der Waals surface area contributed by atoms with Gasteiger partial charge < -0.3 is 10.1 Å². The van der Waals surface area contributed by atoms with Crippen LogP contribution in [-0.4, -0.2) is 29.9 Å². The maximum absolute atomic E-state index is 13.8. The van der Waals surface area contributed by atoms with Crippen LogP contribution in [0.3, 0.4) is 0 Å². The van der Waals surface area contributed by atoms with Crippen LogP contribution >= 0.6 is 0 Å². The summed E-state index contributed by atoms with van der Waals surface area (Å²) < 4.78 is 5.29. The number of ether oxygens (including phenoxy) is 1. The molecule has 3 aromatic rings. The van der Waals surface area contributed by atoms with Gasteiger partial charge in [-0.05, 0) is 54.8 Å². The number of anilines is 1. The number of methoxy groups -OCH3 is 1. The topological polar surface area (TPSA) is 71.5 Å². The molecule has 2 aromatic carbocycles. The molecule has 0 bridgehead atoms. The lowest BCUT2D eigenvalue weighted by molar-refractivity contribution is -0.123. The maximum Gasteiger partial charge on any atom is 0.277 e. The first-order chi connectivity index (χ1) is 16.2. The van der Waals surface area contributed by atoms with Crippen molar-refractivity contribution in [1.29, 1.82) is 0 Å². The molecule has 1 N–H and O–H groups in total. The molecular weight excluding hydrogens is 414 g/mol. The molecule has 1 aliphatic rings. The fourth-order valence-electron chi connectivity index (χ4n) is 4.32. The second kappa shape index (κ2) is 10.8. The predicted molar refractivity (Wildman–Crippen MR) is 128 cm³/mol. The zero-order chi connectivity index (χ0) is 23.0. The first-order valence-corrected chi connectivity index (χ1v) is 11.4. The second-order valence-corrected chi connectivity index (χ2v) is 8.24. The van der Waals surface area contributed by atoms with E-state index in [1.807, 2.05) is 30.3 Å². The van der Waals surface area contributed by atoms with Crippen molar-refractivity contribution in [3.05, 3.63) is 90.3 Å². The number of nitrogens with one attached hydrogen (secondary N) is 1. The van der Waals surface area contributed by atoms with Gasteiger partial charge in [0.1, 0.15) is 17.5 Å². The summed E-state index contributed by atoms with van der Waals surface area (Å²) in [5.41, 5.74) is 1.62. The Morgan fingerprint density at radius 2 is 1.64 bits per heavy atom. The van der Waals surface area contributed by atoms with Crippen molar-refractivity contribution in [2.75, 3.05) is 12.0 Å². The van der Waals surface area contributed by atoms with Crippen LogP contribution in [0.5, 0.6) is 5.75 Å². The third kappa shape index (κ3) is 5.40. The van der Waals surface area contributed by atoms with E-state index in [0.717, 1.165) is 31.2 Å². The molecule has 1 aromatic heterocycles. The van der Waals surface area contributed by atoms with Crippen molar-refractivity contribution < 1.29 is 14.3 Å². The van der Waals surface area contributed by atoms with E-state index < -0.39 is 6.04 Å². The molecule has 1 aliphatic carbocycles. The minimum atomic E-state index is -0.837. The van der Waals surface area contributed by atoms with Gasteiger partial charge in [-0.3, -0.25) is 19.5 Å². The molecule has 0 radical (unpaired) electrons. The lowest BCUT2D eigenvalue weighted by atomic mass is 9.94. The van der Waals surface area contributed by atoms with Gasteiger partial charge in [0.25, 0.3) is 5.91 Å². The highest BCUT2D eigenvalue weighted by molar-refractivity contribution is 6.09. The van der Waals surface area contributed by atoms with Crippen molar-refractivity contribution in [3.63, 3.8) is 0 Å². The standard InChI is InChI=1S/C27H29N3O3/c1-33-23-17-15-22(16-18-23)30(27(32)24-14-8-9-19-28-24)25(20-10-4-2-5-11-20)26(31)29-21-12-6-3-7-13-21/h2,4-5,8-11,14-19,21,25H,3,6-7,12-13H2,1H3,(H,29,31). The fraction of sp³-hybridized carbons (Fsp3) is 0.296. The maximum atomic E-state index is 13.8. The van der Waals surface area contributed by atoms with E-state index in [2.05, 4.69) is 10.3 Å².